The fraction of sp³-hybridized carbons (Fsp3) is 0.818. The van der Waals surface area contributed by atoms with Crippen LogP contribution in [0.2, 0.25) is 0 Å². The van der Waals surface area contributed by atoms with Crippen LogP contribution < -0.4 is 9.64 Å². The molecule has 26 heavy (non-hydrogen) atoms. The van der Waals surface area contributed by atoms with Crippen molar-refractivity contribution in [1.29, 1.82) is 0 Å². The zero-order chi connectivity index (χ0) is 19.2. The zero-order valence-corrected chi connectivity index (χ0v) is 17.8. The molecule has 0 aromatic carbocycles. The summed E-state index contributed by atoms with van der Waals surface area (Å²) in [5.74, 6) is 2.49. The number of aromatic nitrogens is 2. The largest absolute Gasteiger partial charge is 0.490 e. The molecule has 148 valence electrons. The van der Waals surface area contributed by atoms with E-state index in [1.54, 1.807) is 0 Å². The molecule has 0 N–H and O–H groups in total. The maximum atomic E-state index is 5.77. The van der Waals surface area contributed by atoms with Gasteiger partial charge in [-0.2, -0.15) is 0 Å². The third-order valence-electron chi connectivity index (χ3n) is 5.17. The van der Waals surface area contributed by atoms with Gasteiger partial charge in [0, 0.05) is 13.1 Å². The van der Waals surface area contributed by atoms with E-state index >= 15 is 0 Å². The third kappa shape index (κ3) is 7.92. The van der Waals surface area contributed by atoms with Gasteiger partial charge < -0.3 is 9.64 Å². The summed E-state index contributed by atoms with van der Waals surface area (Å²) < 4.78 is 5.77. The maximum absolute atomic E-state index is 5.77. The first-order valence-electron chi connectivity index (χ1n) is 10.3. The quantitative estimate of drug-likeness (QED) is 0.622. The van der Waals surface area contributed by atoms with Crippen molar-refractivity contribution in [2.24, 2.45) is 16.7 Å². The summed E-state index contributed by atoms with van der Waals surface area (Å²) in [5.41, 5.74) is 0.753. The number of anilines is 1. The average molecular weight is 362 g/mol. The number of ether oxygens (including phenoxy) is 1. The lowest BCUT2D eigenvalue weighted by atomic mass is 9.85. The maximum Gasteiger partial charge on any atom is 0.225 e. The van der Waals surface area contributed by atoms with Crippen molar-refractivity contribution in [3.05, 3.63) is 12.4 Å². The molecule has 4 heteroatoms. The van der Waals surface area contributed by atoms with Gasteiger partial charge in [-0.25, -0.2) is 9.97 Å². The van der Waals surface area contributed by atoms with Crippen LogP contribution in [0.15, 0.2) is 12.4 Å². The Balaban J connectivity index is 1.72. The third-order valence-corrected chi connectivity index (χ3v) is 5.17. The zero-order valence-electron chi connectivity index (χ0n) is 17.8. The Bertz CT molecular complexity index is 520. The highest BCUT2D eigenvalue weighted by Gasteiger charge is 2.21. The molecule has 1 aliphatic heterocycles. The Kier molecular flexibility index (Phi) is 7.31. The first-order chi connectivity index (χ1) is 12.1. The van der Waals surface area contributed by atoms with E-state index in [1.807, 2.05) is 12.4 Å². The first-order valence-corrected chi connectivity index (χ1v) is 10.3. The van der Waals surface area contributed by atoms with Gasteiger partial charge in [-0.05, 0) is 42.4 Å². The van der Waals surface area contributed by atoms with E-state index in [2.05, 4.69) is 56.4 Å². The summed E-state index contributed by atoms with van der Waals surface area (Å²) in [7, 11) is 0. The predicted molar refractivity (Wildman–Crippen MR) is 110 cm³/mol. The Labute approximate surface area is 160 Å². The van der Waals surface area contributed by atoms with Crippen LogP contribution in [0.4, 0.5) is 5.95 Å². The SMILES string of the molecule is CC(C)(C)CCCC1CCN(c2ncc(OCCC(C)(C)C)cn2)CC1. The van der Waals surface area contributed by atoms with Crippen LogP contribution in [-0.4, -0.2) is 29.7 Å². The molecule has 0 spiro atoms. The minimum absolute atomic E-state index is 0.290. The second kappa shape index (κ2) is 9.05. The summed E-state index contributed by atoms with van der Waals surface area (Å²) in [5, 5.41) is 0. The molecule has 0 radical (unpaired) electrons. The lowest BCUT2D eigenvalue weighted by Gasteiger charge is -2.32. The summed E-state index contributed by atoms with van der Waals surface area (Å²) in [6.07, 6.45) is 11.2. The minimum Gasteiger partial charge on any atom is -0.490 e. The van der Waals surface area contributed by atoms with Gasteiger partial charge in [-0.15, -0.1) is 0 Å². The Hall–Kier alpha value is -1.32. The van der Waals surface area contributed by atoms with Crippen LogP contribution in [0, 0.1) is 16.7 Å². The van der Waals surface area contributed by atoms with E-state index < -0.39 is 0 Å². The van der Waals surface area contributed by atoms with E-state index in [9.17, 15) is 0 Å². The minimum atomic E-state index is 0.290. The second-order valence-corrected chi connectivity index (χ2v) is 10.3. The molecule has 4 nitrogen and oxygen atoms in total. The van der Waals surface area contributed by atoms with Gasteiger partial charge in [0.1, 0.15) is 0 Å². The molecule has 0 unspecified atom stereocenters. The number of rotatable bonds is 7. The van der Waals surface area contributed by atoms with Crippen molar-refractivity contribution < 1.29 is 4.74 Å². The number of piperidine rings is 1. The van der Waals surface area contributed by atoms with Crippen molar-refractivity contribution >= 4 is 5.95 Å². The summed E-state index contributed by atoms with van der Waals surface area (Å²) in [6.45, 7) is 16.5. The molecule has 0 amide bonds. The van der Waals surface area contributed by atoms with Crippen LogP contribution in [-0.2, 0) is 0 Å². The summed E-state index contributed by atoms with van der Waals surface area (Å²) in [6, 6.07) is 0. The van der Waals surface area contributed by atoms with E-state index in [4.69, 9.17) is 4.74 Å². The molecular weight excluding hydrogens is 322 g/mol. The average Bonchev–Trinajstić information content (AvgIpc) is 2.54. The van der Waals surface area contributed by atoms with Gasteiger partial charge in [0.05, 0.1) is 19.0 Å². The van der Waals surface area contributed by atoms with Crippen LogP contribution >= 0.6 is 0 Å². The smallest absolute Gasteiger partial charge is 0.225 e. The van der Waals surface area contributed by atoms with Gasteiger partial charge >= 0.3 is 0 Å². The van der Waals surface area contributed by atoms with Crippen LogP contribution in [0.5, 0.6) is 5.75 Å². The first kappa shape index (κ1) is 21.0. The lowest BCUT2D eigenvalue weighted by Crippen LogP contribution is -2.34. The topological polar surface area (TPSA) is 38.2 Å². The molecule has 0 saturated carbocycles. The van der Waals surface area contributed by atoms with Gasteiger partial charge in [0.25, 0.3) is 0 Å². The standard InChI is InChI=1S/C22H39N3O/c1-21(2,3)11-7-8-18-9-13-25(14-10-18)20-23-16-19(17-24-20)26-15-12-22(4,5)6/h16-18H,7-15H2,1-6H3. The molecule has 1 aromatic heterocycles. The van der Waals surface area contributed by atoms with Crippen molar-refractivity contribution in [3.63, 3.8) is 0 Å². The molecule has 1 fully saturated rings. The van der Waals surface area contributed by atoms with Gasteiger partial charge in [0.2, 0.25) is 5.95 Å². The Morgan fingerprint density at radius 3 is 2.08 bits per heavy atom. The van der Waals surface area contributed by atoms with Gasteiger partial charge in [-0.1, -0.05) is 54.4 Å². The Morgan fingerprint density at radius 1 is 0.962 bits per heavy atom. The number of hydrogen-bond donors (Lipinski definition) is 0. The summed E-state index contributed by atoms with van der Waals surface area (Å²) in [4.78, 5) is 11.4. The monoisotopic (exact) mass is 361 g/mol. The van der Waals surface area contributed by atoms with Crippen molar-refractivity contribution in [1.82, 2.24) is 9.97 Å². The molecule has 1 aromatic rings. The molecule has 1 saturated heterocycles. The number of hydrogen-bond acceptors (Lipinski definition) is 4. The highest BCUT2D eigenvalue weighted by Crippen LogP contribution is 2.28. The van der Waals surface area contributed by atoms with Crippen molar-refractivity contribution in [2.45, 2.75) is 80.1 Å². The van der Waals surface area contributed by atoms with Crippen LogP contribution in [0.1, 0.15) is 80.1 Å². The van der Waals surface area contributed by atoms with Crippen LogP contribution in [0.25, 0.3) is 0 Å². The van der Waals surface area contributed by atoms with E-state index in [1.165, 1.54) is 32.1 Å². The normalized spacial score (nSPS) is 16.8. The fourth-order valence-corrected chi connectivity index (χ4v) is 3.36. The molecule has 1 aliphatic rings. The number of nitrogens with zero attached hydrogens (tertiary/aromatic N) is 3. The Morgan fingerprint density at radius 2 is 1.54 bits per heavy atom. The van der Waals surface area contributed by atoms with Gasteiger partial charge in [-0.3, -0.25) is 0 Å². The van der Waals surface area contributed by atoms with Crippen molar-refractivity contribution in [2.75, 3.05) is 24.6 Å². The summed E-state index contributed by atoms with van der Waals surface area (Å²) >= 11 is 0. The predicted octanol–water partition coefficient (Wildman–Crippen LogP) is 5.72. The highest BCUT2D eigenvalue weighted by molar-refractivity contribution is 5.31. The molecule has 0 aliphatic carbocycles. The molecular formula is C22H39N3O. The van der Waals surface area contributed by atoms with E-state index in [0.717, 1.165) is 37.1 Å². The van der Waals surface area contributed by atoms with Crippen LogP contribution in [0.3, 0.4) is 0 Å². The highest BCUT2D eigenvalue weighted by atomic mass is 16.5. The van der Waals surface area contributed by atoms with Gasteiger partial charge in [0.15, 0.2) is 5.75 Å². The second-order valence-electron chi connectivity index (χ2n) is 10.3. The van der Waals surface area contributed by atoms with E-state index in [-0.39, 0.29) is 5.41 Å². The molecule has 0 atom stereocenters. The fourth-order valence-electron chi connectivity index (χ4n) is 3.36. The molecule has 2 rings (SSSR count). The molecule has 2 heterocycles. The molecule has 0 bridgehead atoms. The van der Waals surface area contributed by atoms with Crippen molar-refractivity contribution in [3.8, 4) is 5.75 Å². The lowest BCUT2D eigenvalue weighted by molar-refractivity contribution is 0.241. The van der Waals surface area contributed by atoms with E-state index in [0.29, 0.717) is 12.0 Å².